The number of nitrogens with one attached hydrogen (secondary N) is 1. The van der Waals surface area contributed by atoms with Gasteiger partial charge in [-0.3, -0.25) is 9.59 Å². The summed E-state index contributed by atoms with van der Waals surface area (Å²) in [6.45, 7) is 3.09. The zero-order valence-corrected chi connectivity index (χ0v) is 12.4. The van der Waals surface area contributed by atoms with E-state index in [4.69, 9.17) is 0 Å². The molecule has 3 rings (SSSR count). The lowest BCUT2D eigenvalue weighted by Gasteiger charge is -2.29. The fourth-order valence-electron chi connectivity index (χ4n) is 2.66. The van der Waals surface area contributed by atoms with Crippen molar-refractivity contribution in [1.29, 1.82) is 0 Å². The van der Waals surface area contributed by atoms with Crippen LogP contribution in [0.25, 0.3) is 0 Å². The second-order valence-corrected chi connectivity index (χ2v) is 7.52. The molecule has 1 saturated heterocycles. The average molecular weight is 308 g/mol. The minimum absolute atomic E-state index is 0.0700. The largest absolute Gasteiger partial charge is 0.318 e. The lowest BCUT2D eigenvalue weighted by atomic mass is 10.0. The van der Waals surface area contributed by atoms with E-state index in [1.54, 1.807) is 0 Å². The number of hydrogen-bond donors (Lipinski definition) is 1. The van der Waals surface area contributed by atoms with Crippen molar-refractivity contribution in [3.63, 3.8) is 0 Å². The fraction of sp³-hybridized carbons (Fsp3) is 0.429. The van der Waals surface area contributed by atoms with E-state index in [0.717, 1.165) is 12.8 Å². The molecule has 1 aromatic rings. The van der Waals surface area contributed by atoms with Gasteiger partial charge in [-0.05, 0) is 37.0 Å². The van der Waals surface area contributed by atoms with E-state index in [-0.39, 0.29) is 10.5 Å². The van der Waals surface area contributed by atoms with Crippen molar-refractivity contribution < 1.29 is 18.0 Å². The molecule has 0 bridgehead atoms. The van der Waals surface area contributed by atoms with Crippen LogP contribution >= 0.6 is 0 Å². The molecule has 0 aromatic heterocycles. The molecular weight excluding hydrogens is 292 g/mol. The van der Waals surface area contributed by atoms with E-state index in [1.807, 2.05) is 0 Å². The van der Waals surface area contributed by atoms with Crippen molar-refractivity contribution in [2.24, 2.45) is 5.92 Å². The molecule has 112 valence electrons. The Morgan fingerprint density at radius 1 is 1.19 bits per heavy atom. The zero-order chi connectivity index (χ0) is 15.2. The van der Waals surface area contributed by atoms with Gasteiger partial charge in [-0.25, -0.2) is 8.42 Å². The second kappa shape index (κ2) is 4.92. The average Bonchev–Trinajstić information content (AvgIpc) is 2.74. The summed E-state index contributed by atoms with van der Waals surface area (Å²) < 4.78 is 26.6. The van der Waals surface area contributed by atoms with Gasteiger partial charge in [0.2, 0.25) is 10.0 Å². The predicted molar refractivity (Wildman–Crippen MR) is 76.6 cm³/mol. The number of carbonyl (C=O) groups is 2. The molecule has 2 aliphatic heterocycles. The van der Waals surface area contributed by atoms with Gasteiger partial charge in [0.05, 0.1) is 16.1 Å². The first kappa shape index (κ1) is 14.2. The topological polar surface area (TPSA) is 83.6 Å². The molecule has 1 aromatic carbocycles. The van der Waals surface area contributed by atoms with Gasteiger partial charge in [-0.2, -0.15) is 4.31 Å². The first-order chi connectivity index (χ1) is 9.89. The minimum Gasteiger partial charge on any atom is -0.318 e. The summed E-state index contributed by atoms with van der Waals surface area (Å²) in [5.74, 6) is -0.875. The van der Waals surface area contributed by atoms with Gasteiger partial charge in [0, 0.05) is 13.1 Å². The number of Topliss-reactive ketones (excluding diaryl/α,β-unsaturated/α-hetero) is 1. The number of piperidine rings is 1. The number of fused-ring (bicyclic) bond motifs is 1. The molecular formula is C14H16N2O4S. The Morgan fingerprint density at radius 3 is 2.52 bits per heavy atom. The molecule has 0 radical (unpaired) electrons. The molecule has 0 aliphatic carbocycles. The van der Waals surface area contributed by atoms with E-state index in [2.05, 4.69) is 12.2 Å². The molecule has 0 spiro atoms. The number of rotatable bonds is 2. The van der Waals surface area contributed by atoms with Crippen LogP contribution in [-0.4, -0.2) is 37.5 Å². The van der Waals surface area contributed by atoms with E-state index in [1.165, 1.54) is 22.5 Å². The van der Waals surface area contributed by atoms with Gasteiger partial charge in [-0.15, -0.1) is 0 Å². The Bertz CT molecular complexity index is 718. The third kappa shape index (κ3) is 2.36. The van der Waals surface area contributed by atoms with Crippen molar-refractivity contribution in [3.05, 3.63) is 23.8 Å². The van der Waals surface area contributed by atoms with E-state index in [9.17, 15) is 18.0 Å². The molecule has 21 heavy (non-hydrogen) atoms. The molecule has 7 heteroatoms. The van der Waals surface area contributed by atoms with Crippen molar-refractivity contribution in [1.82, 2.24) is 4.31 Å². The SMILES string of the molecule is CC1CCN(S(=O)(=O)c2ccc3c(c2)C(=O)C(=O)N3)CC1. The summed E-state index contributed by atoms with van der Waals surface area (Å²) in [5.41, 5.74) is 0.502. The second-order valence-electron chi connectivity index (χ2n) is 5.58. The van der Waals surface area contributed by atoms with Crippen LogP contribution in [0.5, 0.6) is 0 Å². The first-order valence-electron chi connectivity index (χ1n) is 6.89. The highest BCUT2D eigenvalue weighted by atomic mass is 32.2. The number of benzene rings is 1. The Labute approximate surface area is 123 Å². The maximum Gasteiger partial charge on any atom is 0.296 e. The molecule has 0 unspecified atom stereocenters. The Morgan fingerprint density at radius 2 is 1.86 bits per heavy atom. The molecule has 0 saturated carbocycles. The van der Waals surface area contributed by atoms with Gasteiger partial charge >= 0.3 is 0 Å². The van der Waals surface area contributed by atoms with Gasteiger partial charge in [-0.1, -0.05) is 6.92 Å². The number of anilines is 1. The summed E-state index contributed by atoms with van der Waals surface area (Å²) >= 11 is 0. The normalized spacial score (nSPS) is 20.4. The quantitative estimate of drug-likeness (QED) is 0.833. The number of ketones is 1. The summed E-state index contributed by atoms with van der Waals surface area (Å²) in [5, 5.41) is 2.41. The highest BCUT2D eigenvalue weighted by Gasteiger charge is 2.32. The highest BCUT2D eigenvalue weighted by molar-refractivity contribution is 7.89. The summed E-state index contributed by atoms with van der Waals surface area (Å²) in [6, 6.07) is 4.20. The predicted octanol–water partition coefficient (Wildman–Crippen LogP) is 1.24. The lowest BCUT2D eigenvalue weighted by Crippen LogP contribution is -2.37. The number of amides is 1. The molecule has 1 N–H and O–H groups in total. The van der Waals surface area contributed by atoms with Crippen molar-refractivity contribution in [3.8, 4) is 0 Å². The molecule has 1 fully saturated rings. The van der Waals surface area contributed by atoms with Crippen molar-refractivity contribution in [2.45, 2.75) is 24.7 Å². The zero-order valence-electron chi connectivity index (χ0n) is 11.6. The van der Waals surface area contributed by atoms with Crippen LogP contribution in [0.15, 0.2) is 23.1 Å². The van der Waals surface area contributed by atoms with E-state index in [0.29, 0.717) is 24.7 Å². The Balaban J connectivity index is 1.94. The highest BCUT2D eigenvalue weighted by Crippen LogP contribution is 2.29. The third-order valence-corrected chi connectivity index (χ3v) is 5.97. The van der Waals surface area contributed by atoms with Gasteiger partial charge in [0.1, 0.15) is 0 Å². The van der Waals surface area contributed by atoms with Crippen molar-refractivity contribution in [2.75, 3.05) is 18.4 Å². The number of nitrogens with zero attached hydrogens (tertiary/aromatic N) is 1. The third-order valence-electron chi connectivity index (χ3n) is 4.07. The smallest absolute Gasteiger partial charge is 0.296 e. The molecule has 1 amide bonds. The van der Waals surface area contributed by atoms with Crippen LogP contribution in [0.3, 0.4) is 0 Å². The lowest BCUT2D eigenvalue weighted by molar-refractivity contribution is -0.112. The molecule has 6 nitrogen and oxygen atoms in total. The summed E-state index contributed by atoms with van der Waals surface area (Å²) in [7, 11) is -3.61. The monoisotopic (exact) mass is 308 g/mol. The summed E-state index contributed by atoms with van der Waals surface area (Å²) in [6.07, 6.45) is 1.67. The maximum absolute atomic E-state index is 12.6. The van der Waals surface area contributed by atoms with Crippen LogP contribution in [0.2, 0.25) is 0 Å². The molecule has 0 atom stereocenters. The standard InChI is InChI=1S/C14H16N2O4S/c1-9-4-6-16(7-5-9)21(19,20)10-2-3-12-11(8-10)13(17)14(18)15-12/h2-3,8-9H,4-7H2,1H3,(H,15,17,18). The minimum atomic E-state index is -3.61. The number of carbonyl (C=O) groups excluding carboxylic acids is 2. The molecule has 2 aliphatic rings. The van der Waals surface area contributed by atoms with Crippen LogP contribution in [0.1, 0.15) is 30.1 Å². The van der Waals surface area contributed by atoms with Gasteiger partial charge in [0.25, 0.3) is 11.7 Å². The van der Waals surface area contributed by atoms with E-state index >= 15 is 0 Å². The van der Waals surface area contributed by atoms with Gasteiger partial charge < -0.3 is 5.32 Å². The fourth-order valence-corrected chi connectivity index (χ4v) is 4.15. The van der Waals surface area contributed by atoms with Crippen LogP contribution < -0.4 is 5.32 Å². The summed E-state index contributed by atoms with van der Waals surface area (Å²) in [4.78, 5) is 23.1. The first-order valence-corrected chi connectivity index (χ1v) is 8.33. The Kier molecular flexibility index (Phi) is 3.33. The molecule has 2 heterocycles. The van der Waals surface area contributed by atoms with E-state index < -0.39 is 21.7 Å². The number of hydrogen-bond acceptors (Lipinski definition) is 4. The Hall–Kier alpha value is -1.73. The van der Waals surface area contributed by atoms with Crippen LogP contribution in [0, 0.1) is 5.92 Å². The van der Waals surface area contributed by atoms with Crippen LogP contribution in [-0.2, 0) is 14.8 Å². The van der Waals surface area contributed by atoms with Gasteiger partial charge in [0.15, 0.2) is 0 Å². The number of sulfonamides is 1. The van der Waals surface area contributed by atoms with Crippen molar-refractivity contribution >= 4 is 27.4 Å². The van der Waals surface area contributed by atoms with Crippen LogP contribution in [0.4, 0.5) is 5.69 Å². The maximum atomic E-state index is 12.6.